The molecule has 1 aliphatic rings. The van der Waals surface area contributed by atoms with Crippen LogP contribution in [-0.2, 0) is 10.0 Å². The fourth-order valence-corrected chi connectivity index (χ4v) is 3.08. The molecule has 1 fully saturated rings. The third kappa shape index (κ3) is 3.03. The van der Waals surface area contributed by atoms with Gasteiger partial charge in [0.15, 0.2) is 0 Å². The molecule has 3 N–H and O–H groups in total. The van der Waals surface area contributed by atoms with Crippen molar-refractivity contribution in [2.24, 2.45) is 10.6 Å². The number of hydrogen-bond donors (Lipinski definition) is 2. The van der Waals surface area contributed by atoms with E-state index in [1.165, 1.54) is 31.7 Å². The Morgan fingerprint density at radius 2 is 2.00 bits per heavy atom. The Bertz CT molecular complexity index is 522. The summed E-state index contributed by atoms with van der Waals surface area (Å²) in [5.41, 5.74) is 0.989. The van der Waals surface area contributed by atoms with Crippen LogP contribution in [0.2, 0.25) is 0 Å². The van der Waals surface area contributed by atoms with Crippen LogP contribution < -0.4 is 10.5 Å². The minimum Gasteiger partial charge on any atom is -0.383 e. The first-order valence-corrected chi connectivity index (χ1v) is 7.87. The van der Waals surface area contributed by atoms with Crippen molar-refractivity contribution in [2.45, 2.75) is 37.5 Å². The number of sulfonamides is 1. The molecule has 1 saturated carbocycles. The molecule has 100 valence electrons. The Kier molecular flexibility index (Phi) is 3.64. The fraction of sp³-hybridized carbons (Fsp3) is 0.538. The van der Waals surface area contributed by atoms with Crippen LogP contribution in [0.15, 0.2) is 29.2 Å². The monoisotopic (exact) mass is 268 g/mol. The van der Waals surface area contributed by atoms with E-state index in [1.807, 2.05) is 6.07 Å². The first kappa shape index (κ1) is 13.4. The Labute approximate surface area is 109 Å². The van der Waals surface area contributed by atoms with Gasteiger partial charge in [0, 0.05) is 6.54 Å². The van der Waals surface area contributed by atoms with E-state index in [0.29, 0.717) is 11.1 Å². The molecule has 0 aromatic heterocycles. The summed E-state index contributed by atoms with van der Waals surface area (Å²) in [7, 11) is -3.66. The lowest BCUT2D eigenvalue weighted by Crippen LogP contribution is -2.19. The van der Waals surface area contributed by atoms with Gasteiger partial charge in [0.1, 0.15) is 4.90 Å². The van der Waals surface area contributed by atoms with E-state index in [-0.39, 0.29) is 4.90 Å². The van der Waals surface area contributed by atoms with E-state index >= 15 is 0 Å². The van der Waals surface area contributed by atoms with Crippen molar-refractivity contribution >= 4 is 15.7 Å². The molecule has 0 bridgehead atoms. The smallest absolute Gasteiger partial charge is 0.240 e. The number of nitrogens with one attached hydrogen (secondary N) is 1. The molecule has 0 saturated heterocycles. The van der Waals surface area contributed by atoms with Gasteiger partial charge in [-0.1, -0.05) is 25.5 Å². The highest BCUT2D eigenvalue weighted by molar-refractivity contribution is 7.89. The van der Waals surface area contributed by atoms with Crippen molar-refractivity contribution in [3.8, 4) is 0 Å². The van der Waals surface area contributed by atoms with E-state index in [9.17, 15) is 8.42 Å². The molecule has 0 aliphatic heterocycles. The lowest BCUT2D eigenvalue weighted by molar-refractivity contribution is 0.485. The van der Waals surface area contributed by atoms with E-state index in [2.05, 4.69) is 12.2 Å². The number of para-hydroxylation sites is 1. The van der Waals surface area contributed by atoms with E-state index in [1.54, 1.807) is 12.1 Å². The summed E-state index contributed by atoms with van der Waals surface area (Å²) in [5.74, 6) is 0. The predicted molar refractivity (Wildman–Crippen MR) is 72.9 cm³/mol. The Morgan fingerprint density at radius 1 is 1.33 bits per heavy atom. The normalized spacial score (nSPS) is 17.4. The topological polar surface area (TPSA) is 72.2 Å². The highest BCUT2D eigenvalue weighted by Crippen LogP contribution is 2.49. The summed E-state index contributed by atoms with van der Waals surface area (Å²) in [6.45, 7) is 3.01. The summed E-state index contributed by atoms with van der Waals surface area (Å²) in [6.07, 6.45) is 4.81. The number of hydrogen-bond acceptors (Lipinski definition) is 3. The summed E-state index contributed by atoms with van der Waals surface area (Å²) >= 11 is 0. The quantitative estimate of drug-likeness (QED) is 0.831. The minimum absolute atomic E-state index is 0.178. The maximum Gasteiger partial charge on any atom is 0.240 e. The van der Waals surface area contributed by atoms with Gasteiger partial charge < -0.3 is 5.32 Å². The van der Waals surface area contributed by atoms with Gasteiger partial charge in [-0.2, -0.15) is 0 Å². The average Bonchev–Trinajstić information content (AvgIpc) is 3.07. The molecule has 0 spiro atoms. The highest BCUT2D eigenvalue weighted by Gasteiger charge is 2.41. The van der Waals surface area contributed by atoms with Crippen LogP contribution in [0.1, 0.15) is 32.6 Å². The molecule has 1 aliphatic carbocycles. The maximum atomic E-state index is 11.5. The second-order valence-electron chi connectivity index (χ2n) is 5.14. The van der Waals surface area contributed by atoms with Crippen LogP contribution >= 0.6 is 0 Å². The van der Waals surface area contributed by atoms with Crippen LogP contribution in [-0.4, -0.2) is 15.0 Å². The molecule has 0 amide bonds. The van der Waals surface area contributed by atoms with Gasteiger partial charge in [-0.15, -0.1) is 0 Å². The van der Waals surface area contributed by atoms with Crippen molar-refractivity contribution in [3.05, 3.63) is 24.3 Å². The predicted octanol–water partition coefficient (Wildman–Crippen LogP) is 2.33. The van der Waals surface area contributed by atoms with Gasteiger partial charge in [-0.05, 0) is 36.8 Å². The third-order valence-corrected chi connectivity index (χ3v) is 4.55. The fourth-order valence-electron chi connectivity index (χ4n) is 2.37. The first-order chi connectivity index (χ1) is 8.47. The number of rotatable bonds is 6. The van der Waals surface area contributed by atoms with E-state index in [4.69, 9.17) is 5.14 Å². The van der Waals surface area contributed by atoms with E-state index < -0.39 is 10.0 Å². The van der Waals surface area contributed by atoms with Crippen molar-refractivity contribution in [1.82, 2.24) is 0 Å². The molecular weight excluding hydrogens is 248 g/mol. The summed E-state index contributed by atoms with van der Waals surface area (Å²) in [4.78, 5) is 0.178. The summed E-state index contributed by atoms with van der Waals surface area (Å²) in [5, 5.41) is 8.45. The molecular formula is C13H20N2O2S. The van der Waals surface area contributed by atoms with Crippen molar-refractivity contribution in [1.29, 1.82) is 0 Å². The van der Waals surface area contributed by atoms with Crippen LogP contribution in [0.5, 0.6) is 0 Å². The Hall–Kier alpha value is -1.07. The van der Waals surface area contributed by atoms with Crippen LogP contribution in [0.25, 0.3) is 0 Å². The van der Waals surface area contributed by atoms with Gasteiger partial charge in [-0.25, -0.2) is 13.6 Å². The largest absolute Gasteiger partial charge is 0.383 e. The van der Waals surface area contributed by atoms with Gasteiger partial charge >= 0.3 is 0 Å². The van der Waals surface area contributed by atoms with Crippen molar-refractivity contribution in [2.75, 3.05) is 11.9 Å². The third-order valence-electron chi connectivity index (χ3n) is 3.58. The van der Waals surface area contributed by atoms with Crippen LogP contribution in [0.3, 0.4) is 0 Å². The average molecular weight is 268 g/mol. The second kappa shape index (κ2) is 4.90. The molecule has 0 heterocycles. The molecule has 0 atom stereocenters. The lowest BCUT2D eigenvalue weighted by atomic mass is 10.0. The molecule has 5 heteroatoms. The van der Waals surface area contributed by atoms with Gasteiger partial charge in [0.2, 0.25) is 10.0 Å². The Morgan fingerprint density at radius 3 is 2.56 bits per heavy atom. The maximum absolute atomic E-state index is 11.5. The van der Waals surface area contributed by atoms with Gasteiger partial charge in [0.25, 0.3) is 0 Å². The standard InChI is InChI=1S/C13H20N2O2S/c1-2-7-13(8-9-13)10-15-11-5-3-4-6-12(11)18(14,16)17/h3-6,15H,2,7-10H2,1H3,(H2,14,16,17). The van der Waals surface area contributed by atoms with Crippen LogP contribution in [0, 0.1) is 5.41 Å². The van der Waals surface area contributed by atoms with Crippen molar-refractivity contribution < 1.29 is 8.42 Å². The first-order valence-electron chi connectivity index (χ1n) is 6.33. The highest BCUT2D eigenvalue weighted by atomic mass is 32.2. The molecule has 2 rings (SSSR count). The molecule has 0 radical (unpaired) electrons. The molecule has 1 aromatic carbocycles. The minimum atomic E-state index is -3.66. The number of benzene rings is 1. The molecule has 4 nitrogen and oxygen atoms in total. The second-order valence-corrected chi connectivity index (χ2v) is 6.67. The summed E-state index contributed by atoms with van der Waals surface area (Å²) < 4.78 is 22.9. The number of primary sulfonamides is 1. The SMILES string of the molecule is CCCC1(CNc2ccccc2S(N)(=O)=O)CC1. The summed E-state index contributed by atoms with van der Waals surface area (Å²) in [6, 6.07) is 6.80. The molecule has 18 heavy (non-hydrogen) atoms. The van der Waals surface area contributed by atoms with Gasteiger partial charge in [0.05, 0.1) is 5.69 Å². The molecule has 1 aromatic rings. The lowest BCUT2D eigenvalue weighted by Gasteiger charge is -2.17. The van der Waals surface area contributed by atoms with E-state index in [0.717, 1.165) is 6.54 Å². The zero-order valence-electron chi connectivity index (χ0n) is 10.6. The zero-order valence-corrected chi connectivity index (χ0v) is 11.5. The van der Waals surface area contributed by atoms with Crippen LogP contribution in [0.4, 0.5) is 5.69 Å². The number of anilines is 1. The van der Waals surface area contributed by atoms with Gasteiger partial charge in [-0.3, -0.25) is 0 Å². The zero-order chi connectivity index (χ0) is 13.2. The van der Waals surface area contributed by atoms with Crippen molar-refractivity contribution in [3.63, 3.8) is 0 Å². The number of nitrogens with two attached hydrogens (primary N) is 1. The molecule has 0 unspecified atom stereocenters. The Balaban J connectivity index is 2.11.